The molecule has 2 aliphatic heterocycles. The minimum Gasteiger partial charge on any atom is -0.343 e. The molecule has 0 spiro atoms. The standard InChI is InChI=1S/C25H22ClN5O2/c1-28-19-9-5-8-17-10-12-29(22(17)19)15-20(24(28)32)30-13-11-18-21(25(30)33)27-31(23(18)26)14-16-6-3-2-4-7-16/h2-10,12,20H,11,13-15H2,1H3/t20-/m0/s1. The van der Waals surface area contributed by atoms with Gasteiger partial charge in [0.15, 0.2) is 5.69 Å². The summed E-state index contributed by atoms with van der Waals surface area (Å²) in [4.78, 5) is 30.4. The van der Waals surface area contributed by atoms with Gasteiger partial charge < -0.3 is 14.4 Å². The van der Waals surface area contributed by atoms with Crippen LogP contribution in [0.1, 0.15) is 21.6 Å². The highest BCUT2D eigenvalue weighted by molar-refractivity contribution is 6.31. The molecule has 0 saturated heterocycles. The Labute approximate surface area is 195 Å². The molecule has 2 aromatic heterocycles. The van der Waals surface area contributed by atoms with Crippen LogP contribution in [0.2, 0.25) is 5.15 Å². The van der Waals surface area contributed by atoms with Gasteiger partial charge in [-0.25, -0.2) is 4.68 Å². The molecule has 0 N–H and O–H groups in total. The lowest BCUT2D eigenvalue weighted by Crippen LogP contribution is -2.53. The first kappa shape index (κ1) is 20.1. The minimum atomic E-state index is -0.614. The zero-order valence-electron chi connectivity index (χ0n) is 18.1. The van der Waals surface area contributed by atoms with E-state index in [1.807, 2.05) is 60.8 Å². The average molecular weight is 460 g/mol. The third-order valence-corrected chi connectivity index (χ3v) is 7.14. The molecule has 33 heavy (non-hydrogen) atoms. The molecule has 166 valence electrons. The monoisotopic (exact) mass is 459 g/mol. The number of hydrogen-bond acceptors (Lipinski definition) is 3. The molecule has 2 amide bonds. The fourth-order valence-corrected chi connectivity index (χ4v) is 5.28. The van der Waals surface area contributed by atoms with Crippen molar-refractivity contribution in [2.75, 3.05) is 18.5 Å². The Kier molecular flexibility index (Phi) is 4.55. The minimum absolute atomic E-state index is 0.0992. The summed E-state index contributed by atoms with van der Waals surface area (Å²) in [6.45, 7) is 1.32. The number of hydrogen-bond donors (Lipinski definition) is 0. The summed E-state index contributed by atoms with van der Waals surface area (Å²) in [5, 5.41) is 6.14. The summed E-state index contributed by atoms with van der Waals surface area (Å²) in [6.07, 6.45) is 2.55. The number of anilines is 1. The van der Waals surface area contributed by atoms with Crippen LogP contribution in [0, 0.1) is 0 Å². The van der Waals surface area contributed by atoms with Crippen molar-refractivity contribution >= 4 is 40.0 Å². The van der Waals surface area contributed by atoms with Crippen LogP contribution < -0.4 is 4.90 Å². The predicted octanol–water partition coefficient (Wildman–Crippen LogP) is 3.58. The molecule has 8 heteroatoms. The number of carbonyl (C=O) groups excluding carboxylic acids is 2. The summed E-state index contributed by atoms with van der Waals surface area (Å²) < 4.78 is 3.75. The van der Waals surface area contributed by atoms with E-state index in [9.17, 15) is 9.59 Å². The van der Waals surface area contributed by atoms with Crippen LogP contribution in [0.3, 0.4) is 0 Å². The van der Waals surface area contributed by atoms with E-state index in [1.165, 1.54) is 0 Å². The Morgan fingerprint density at radius 3 is 2.70 bits per heavy atom. The van der Waals surface area contributed by atoms with Gasteiger partial charge >= 0.3 is 0 Å². The van der Waals surface area contributed by atoms with Crippen molar-refractivity contribution in [2.45, 2.75) is 25.6 Å². The summed E-state index contributed by atoms with van der Waals surface area (Å²) in [5.41, 5.74) is 4.02. The van der Waals surface area contributed by atoms with Crippen molar-refractivity contribution in [2.24, 2.45) is 0 Å². The number of para-hydroxylation sites is 1. The SMILES string of the molecule is CN1C(=O)[C@@H](N2CCc3c(nn(Cc4ccccc4)c3Cl)C2=O)Cn2ccc3cccc1c32. The third-order valence-electron chi connectivity index (χ3n) is 6.71. The first-order valence-corrected chi connectivity index (χ1v) is 11.4. The highest BCUT2D eigenvalue weighted by Crippen LogP contribution is 2.33. The smallest absolute Gasteiger partial charge is 0.275 e. The number of aromatic nitrogens is 3. The molecule has 2 aromatic carbocycles. The number of fused-ring (bicyclic) bond motifs is 1. The predicted molar refractivity (Wildman–Crippen MR) is 127 cm³/mol. The van der Waals surface area contributed by atoms with Crippen LogP contribution in [0.4, 0.5) is 5.69 Å². The fourth-order valence-electron chi connectivity index (χ4n) is 5.00. The van der Waals surface area contributed by atoms with Crippen molar-refractivity contribution < 1.29 is 9.59 Å². The van der Waals surface area contributed by atoms with Gasteiger partial charge in [-0.3, -0.25) is 9.59 Å². The van der Waals surface area contributed by atoms with Crippen molar-refractivity contribution in [3.8, 4) is 0 Å². The Balaban J connectivity index is 1.34. The zero-order chi connectivity index (χ0) is 22.7. The normalized spacial score (nSPS) is 18.1. The van der Waals surface area contributed by atoms with E-state index in [-0.39, 0.29) is 11.8 Å². The quantitative estimate of drug-likeness (QED) is 0.470. The van der Waals surface area contributed by atoms with Gasteiger partial charge in [0.1, 0.15) is 11.2 Å². The number of benzene rings is 2. The molecule has 0 unspecified atom stereocenters. The molecule has 0 saturated carbocycles. The molecule has 4 aromatic rings. The summed E-state index contributed by atoms with van der Waals surface area (Å²) >= 11 is 6.62. The van der Waals surface area contributed by atoms with Gasteiger partial charge in [-0.1, -0.05) is 54.1 Å². The van der Waals surface area contributed by atoms with Crippen LogP contribution in [-0.2, 0) is 24.3 Å². The van der Waals surface area contributed by atoms with E-state index in [1.54, 1.807) is 21.5 Å². The van der Waals surface area contributed by atoms with E-state index in [4.69, 9.17) is 11.6 Å². The second-order valence-electron chi connectivity index (χ2n) is 8.61. The Hall–Kier alpha value is -3.58. The van der Waals surface area contributed by atoms with Crippen molar-refractivity contribution in [3.63, 3.8) is 0 Å². The number of halogens is 1. The molecular weight excluding hydrogens is 438 g/mol. The van der Waals surface area contributed by atoms with Crippen LogP contribution in [0.5, 0.6) is 0 Å². The van der Waals surface area contributed by atoms with Gasteiger partial charge in [0.25, 0.3) is 11.8 Å². The average Bonchev–Trinajstić information content (AvgIpc) is 3.36. The molecule has 0 aliphatic carbocycles. The van der Waals surface area contributed by atoms with Crippen LogP contribution in [0.15, 0.2) is 60.8 Å². The van der Waals surface area contributed by atoms with Gasteiger partial charge in [-0.05, 0) is 24.1 Å². The molecular formula is C25H22ClN5O2. The number of amides is 2. The fraction of sp³-hybridized carbons (Fsp3) is 0.240. The third kappa shape index (κ3) is 3.07. The second-order valence-corrected chi connectivity index (χ2v) is 8.96. The van der Waals surface area contributed by atoms with Crippen LogP contribution in [0.25, 0.3) is 10.9 Å². The number of rotatable bonds is 3. The van der Waals surface area contributed by atoms with Crippen molar-refractivity contribution in [1.29, 1.82) is 0 Å². The maximum atomic E-state index is 13.6. The highest BCUT2D eigenvalue weighted by Gasteiger charge is 2.40. The molecule has 6 rings (SSSR count). The Bertz CT molecular complexity index is 1410. The van der Waals surface area contributed by atoms with E-state index in [0.29, 0.717) is 36.9 Å². The zero-order valence-corrected chi connectivity index (χ0v) is 18.9. The lowest BCUT2D eigenvalue weighted by molar-refractivity contribution is -0.123. The van der Waals surface area contributed by atoms with Gasteiger partial charge in [0.2, 0.25) is 0 Å². The molecule has 0 fully saturated rings. The van der Waals surface area contributed by atoms with Gasteiger partial charge in [-0.2, -0.15) is 5.10 Å². The first-order chi connectivity index (χ1) is 16.0. The lowest BCUT2D eigenvalue weighted by Gasteiger charge is -2.34. The van der Waals surface area contributed by atoms with E-state index in [2.05, 4.69) is 9.67 Å². The number of carbonyl (C=O) groups is 2. The number of likely N-dealkylation sites (N-methyl/N-ethyl adjacent to an activating group) is 1. The van der Waals surface area contributed by atoms with Gasteiger partial charge in [0, 0.05) is 30.7 Å². The van der Waals surface area contributed by atoms with Crippen molar-refractivity contribution in [3.05, 3.63) is 82.8 Å². The first-order valence-electron chi connectivity index (χ1n) is 11.0. The van der Waals surface area contributed by atoms with E-state index in [0.717, 1.165) is 27.7 Å². The van der Waals surface area contributed by atoms with Gasteiger partial charge in [-0.15, -0.1) is 0 Å². The molecule has 4 heterocycles. The topological polar surface area (TPSA) is 63.4 Å². The molecule has 1 atom stereocenters. The van der Waals surface area contributed by atoms with E-state index >= 15 is 0 Å². The Morgan fingerprint density at radius 1 is 1.06 bits per heavy atom. The van der Waals surface area contributed by atoms with Crippen LogP contribution in [-0.4, -0.2) is 50.7 Å². The van der Waals surface area contributed by atoms with Crippen LogP contribution >= 0.6 is 11.6 Å². The van der Waals surface area contributed by atoms with Crippen molar-refractivity contribution in [1.82, 2.24) is 19.2 Å². The highest BCUT2D eigenvalue weighted by atomic mass is 35.5. The summed E-state index contributed by atoms with van der Waals surface area (Å²) in [5.74, 6) is -0.344. The molecule has 2 aliphatic rings. The Morgan fingerprint density at radius 2 is 1.88 bits per heavy atom. The maximum absolute atomic E-state index is 13.6. The maximum Gasteiger partial charge on any atom is 0.275 e. The largest absolute Gasteiger partial charge is 0.343 e. The lowest BCUT2D eigenvalue weighted by atomic mass is 10.0. The summed E-state index contributed by atoms with van der Waals surface area (Å²) in [7, 11) is 1.78. The molecule has 0 radical (unpaired) electrons. The molecule has 7 nitrogen and oxygen atoms in total. The summed E-state index contributed by atoms with van der Waals surface area (Å²) in [6, 6.07) is 17.2. The molecule has 0 bridgehead atoms. The van der Waals surface area contributed by atoms with E-state index < -0.39 is 6.04 Å². The van der Waals surface area contributed by atoms with Gasteiger partial charge in [0.05, 0.1) is 24.3 Å². The second kappa shape index (κ2) is 7.49. The number of nitrogens with zero attached hydrogens (tertiary/aromatic N) is 5.